The molecular weight excluding hydrogens is 294 g/mol. The predicted molar refractivity (Wildman–Crippen MR) is 92.0 cm³/mol. The summed E-state index contributed by atoms with van der Waals surface area (Å²) in [5, 5.41) is 3.30. The van der Waals surface area contributed by atoms with E-state index in [1.54, 1.807) is 18.2 Å². The third-order valence-corrected chi connectivity index (χ3v) is 3.05. The van der Waals surface area contributed by atoms with Gasteiger partial charge in [0.05, 0.1) is 32.0 Å². The van der Waals surface area contributed by atoms with Crippen molar-refractivity contribution in [2.45, 2.75) is 19.8 Å². The Morgan fingerprint density at radius 2 is 1.83 bits per heavy atom. The van der Waals surface area contributed by atoms with Crippen molar-refractivity contribution < 1.29 is 19.0 Å². The molecule has 1 N–H and O–H groups in total. The van der Waals surface area contributed by atoms with Gasteiger partial charge in [-0.25, -0.2) is 4.79 Å². The molecule has 0 amide bonds. The van der Waals surface area contributed by atoms with Crippen LogP contribution < -0.4 is 5.32 Å². The minimum absolute atomic E-state index is 0.233. The van der Waals surface area contributed by atoms with Gasteiger partial charge in [-0.05, 0) is 30.7 Å². The van der Waals surface area contributed by atoms with Gasteiger partial charge in [-0.2, -0.15) is 0 Å². The van der Waals surface area contributed by atoms with Crippen molar-refractivity contribution in [3.05, 3.63) is 42.5 Å². The van der Waals surface area contributed by atoms with E-state index in [0.717, 1.165) is 25.1 Å². The van der Waals surface area contributed by atoms with Crippen molar-refractivity contribution in [3.63, 3.8) is 0 Å². The van der Waals surface area contributed by atoms with Crippen LogP contribution in [0.3, 0.4) is 0 Å². The standard InChI is InChI=1S/C18H27NO4/c1-3-5-10-19-17-8-6-16(7-9-17)18(20)23-15-14-22-13-12-21-11-4-2/h4,6-9,19H,2-3,5,10-15H2,1H3. The zero-order valence-corrected chi connectivity index (χ0v) is 13.9. The minimum atomic E-state index is -0.336. The zero-order valence-electron chi connectivity index (χ0n) is 13.9. The Morgan fingerprint density at radius 1 is 1.13 bits per heavy atom. The van der Waals surface area contributed by atoms with E-state index >= 15 is 0 Å². The first-order valence-electron chi connectivity index (χ1n) is 8.05. The minimum Gasteiger partial charge on any atom is -0.460 e. The summed E-state index contributed by atoms with van der Waals surface area (Å²) in [6.07, 6.45) is 3.97. The average molecular weight is 321 g/mol. The van der Waals surface area contributed by atoms with Crippen molar-refractivity contribution >= 4 is 11.7 Å². The van der Waals surface area contributed by atoms with Gasteiger partial charge in [0, 0.05) is 12.2 Å². The predicted octanol–water partition coefficient (Wildman–Crippen LogP) is 3.27. The molecule has 23 heavy (non-hydrogen) atoms. The Kier molecular flexibility index (Phi) is 10.6. The zero-order chi connectivity index (χ0) is 16.8. The molecule has 0 saturated carbocycles. The number of unbranched alkanes of at least 4 members (excludes halogenated alkanes) is 1. The third-order valence-electron chi connectivity index (χ3n) is 3.05. The second-order valence-electron chi connectivity index (χ2n) is 4.97. The van der Waals surface area contributed by atoms with Crippen LogP contribution in [0.1, 0.15) is 30.1 Å². The van der Waals surface area contributed by atoms with E-state index in [-0.39, 0.29) is 12.6 Å². The number of rotatable bonds is 13. The lowest BCUT2D eigenvalue weighted by Gasteiger charge is -2.08. The van der Waals surface area contributed by atoms with Gasteiger partial charge in [0.15, 0.2) is 0 Å². The van der Waals surface area contributed by atoms with Crippen LogP contribution in [0, 0.1) is 0 Å². The van der Waals surface area contributed by atoms with Gasteiger partial charge < -0.3 is 19.5 Å². The first-order chi connectivity index (χ1) is 11.3. The number of ether oxygens (including phenoxy) is 3. The average Bonchev–Trinajstić information content (AvgIpc) is 2.58. The molecule has 1 rings (SSSR count). The number of esters is 1. The number of hydrogen-bond acceptors (Lipinski definition) is 5. The van der Waals surface area contributed by atoms with Crippen molar-refractivity contribution in [3.8, 4) is 0 Å². The molecule has 1 aromatic rings. The van der Waals surface area contributed by atoms with Crippen LogP contribution in [0.5, 0.6) is 0 Å². The molecule has 0 aliphatic rings. The van der Waals surface area contributed by atoms with E-state index in [4.69, 9.17) is 14.2 Å². The van der Waals surface area contributed by atoms with Gasteiger partial charge in [0.1, 0.15) is 6.61 Å². The van der Waals surface area contributed by atoms with Crippen LogP contribution in [0.2, 0.25) is 0 Å². The van der Waals surface area contributed by atoms with Crippen molar-refractivity contribution in [2.24, 2.45) is 0 Å². The number of carbonyl (C=O) groups is 1. The highest BCUT2D eigenvalue weighted by Crippen LogP contribution is 2.10. The molecule has 5 heteroatoms. The van der Waals surface area contributed by atoms with Gasteiger partial charge in [0.2, 0.25) is 0 Å². The summed E-state index contributed by atoms with van der Waals surface area (Å²) in [7, 11) is 0. The van der Waals surface area contributed by atoms with E-state index in [1.807, 2.05) is 12.1 Å². The number of anilines is 1. The molecular formula is C18H27NO4. The fourth-order valence-corrected chi connectivity index (χ4v) is 1.80. The molecule has 0 bridgehead atoms. The quantitative estimate of drug-likeness (QED) is 0.343. The summed E-state index contributed by atoms with van der Waals surface area (Å²) in [4.78, 5) is 11.9. The van der Waals surface area contributed by atoms with Crippen molar-refractivity contribution in [2.75, 3.05) is 44.9 Å². The lowest BCUT2D eigenvalue weighted by atomic mass is 10.2. The monoisotopic (exact) mass is 321 g/mol. The fourth-order valence-electron chi connectivity index (χ4n) is 1.80. The molecule has 0 spiro atoms. The summed E-state index contributed by atoms with van der Waals surface area (Å²) in [6, 6.07) is 7.31. The largest absolute Gasteiger partial charge is 0.460 e. The Labute approximate surface area is 138 Å². The molecule has 0 saturated heterocycles. The summed E-state index contributed by atoms with van der Waals surface area (Å²) >= 11 is 0. The molecule has 5 nitrogen and oxygen atoms in total. The summed E-state index contributed by atoms with van der Waals surface area (Å²) in [6.45, 7) is 8.73. The van der Waals surface area contributed by atoms with Crippen LogP contribution in [0.15, 0.2) is 36.9 Å². The maximum Gasteiger partial charge on any atom is 0.338 e. The van der Waals surface area contributed by atoms with Gasteiger partial charge in [-0.15, -0.1) is 6.58 Å². The van der Waals surface area contributed by atoms with E-state index < -0.39 is 0 Å². The lowest BCUT2D eigenvalue weighted by molar-refractivity contribution is 0.0181. The molecule has 0 heterocycles. The molecule has 0 fully saturated rings. The fraction of sp³-hybridized carbons (Fsp3) is 0.500. The van der Waals surface area contributed by atoms with Crippen molar-refractivity contribution in [1.82, 2.24) is 0 Å². The molecule has 0 aliphatic carbocycles. The molecule has 128 valence electrons. The molecule has 0 aliphatic heterocycles. The smallest absolute Gasteiger partial charge is 0.338 e. The van der Waals surface area contributed by atoms with Crippen molar-refractivity contribution in [1.29, 1.82) is 0 Å². The SMILES string of the molecule is C=CCOCCOCCOC(=O)c1ccc(NCCCC)cc1. The van der Waals surface area contributed by atoms with Gasteiger partial charge in [-0.3, -0.25) is 0 Å². The summed E-state index contributed by atoms with van der Waals surface area (Å²) in [5.41, 5.74) is 1.55. The highest BCUT2D eigenvalue weighted by Gasteiger charge is 2.06. The van der Waals surface area contributed by atoms with Gasteiger partial charge in [-0.1, -0.05) is 19.4 Å². The maximum atomic E-state index is 11.9. The topological polar surface area (TPSA) is 56.8 Å². The summed E-state index contributed by atoms with van der Waals surface area (Å²) < 4.78 is 15.6. The third kappa shape index (κ3) is 9.01. The number of hydrogen-bond donors (Lipinski definition) is 1. The maximum absolute atomic E-state index is 11.9. The number of nitrogens with one attached hydrogen (secondary N) is 1. The number of carbonyl (C=O) groups excluding carboxylic acids is 1. The van der Waals surface area contributed by atoms with Gasteiger partial charge in [0.25, 0.3) is 0 Å². The Morgan fingerprint density at radius 3 is 2.52 bits per heavy atom. The normalized spacial score (nSPS) is 10.3. The van der Waals surface area contributed by atoms with Crippen LogP contribution in [-0.4, -0.2) is 45.5 Å². The Hall–Kier alpha value is -1.85. The molecule has 0 unspecified atom stereocenters. The second-order valence-corrected chi connectivity index (χ2v) is 4.97. The first kappa shape index (κ1) is 19.2. The highest BCUT2D eigenvalue weighted by molar-refractivity contribution is 5.89. The van der Waals surface area contributed by atoms with Gasteiger partial charge >= 0.3 is 5.97 Å². The summed E-state index contributed by atoms with van der Waals surface area (Å²) in [5.74, 6) is -0.336. The molecule has 0 radical (unpaired) electrons. The van der Waals surface area contributed by atoms with E-state index in [0.29, 0.717) is 32.0 Å². The van der Waals surface area contributed by atoms with Crippen LogP contribution >= 0.6 is 0 Å². The molecule has 0 aromatic heterocycles. The van der Waals surface area contributed by atoms with Crippen LogP contribution in [-0.2, 0) is 14.2 Å². The highest BCUT2D eigenvalue weighted by atomic mass is 16.6. The second kappa shape index (κ2) is 12.7. The first-order valence-corrected chi connectivity index (χ1v) is 8.05. The lowest BCUT2D eigenvalue weighted by Crippen LogP contribution is -2.13. The van der Waals surface area contributed by atoms with Crippen LogP contribution in [0.25, 0.3) is 0 Å². The van der Waals surface area contributed by atoms with E-state index in [1.165, 1.54) is 0 Å². The number of benzene rings is 1. The van der Waals surface area contributed by atoms with Crippen LogP contribution in [0.4, 0.5) is 5.69 Å². The Bertz CT molecular complexity index is 445. The molecule has 1 aromatic carbocycles. The molecule has 0 atom stereocenters. The van der Waals surface area contributed by atoms with E-state index in [9.17, 15) is 4.79 Å². The van der Waals surface area contributed by atoms with E-state index in [2.05, 4.69) is 18.8 Å². The Balaban J connectivity index is 2.15.